The molecule has 1 aromatic heterocycles. The number of anilines is 1. The van der Waals surface area contributed by atoms with Gasteiger partial charge in [0.25, 0.3) is 5.91 Å². The highest BCUT2D eigenvalue weighted by atomic mass is 35.5. The molecular weight excluding hydrogens is 416 g/mol. The van der Waals surface area contributed by atoms with Gasteiger partial charge < -0.3 is 9.88 Å². The van der Waals surface area contributed by atoms with Crippen LogP contribution in [0.2, 0.25) is 5.02 Å². The molecule has 5 nitrogen and oxygen atoms in total. The lowest BCUT2D eigenvalue weighted by Gasteiger charge is -2.07. The van der Waals surface area contributed by atoms with E-state index < -0.39 is 0 Å². The number of hydrogen-bond donors (Lipinski definition) is 1. The SMILES string of the molecule is Cn1c(SCc2ccc(C(=O)Nc3ccccc3)cc2)nnc1-c1ccc(Cl)cc1. The molecule has 0 spiro atoms. The zero-order valence-corrected chi connectivity index (χ0v) is 17.8. The van der Waals surface area contributed by atoms with Crippen LogP contribution >= 0.6 is 23.4 Å². The summed E-state index contributed by atoms with van der Waals surface area (Å²) in [5.41, 5.74) is 3.47. The number of carbonyl (C=O) groups is 1. The zero-order chi connectivity index (χ0) is 20.9. The minimum absolute atomic E-state index is 0.124. The van der Waals surface area contributed by atoms with Crippen LogP contribution in [0.1, 0.15) is 15.9 Å². The van der Waals surface area contributed by atoms with E-state index in [1.165, 1.54) is 0 Å². The molecule has 4 aromatic rings. The Morgan fingerprint density at radius 3 is 2.37 bits per heavy atom. The lowest BCUT2D eigenvalue weighted by molar-refractivity contribution is 0.102. The molecule has 1 amide bonds. The first kappa shape index (κ1) is 20.2. The van der Waals surface area contributed by atoms with Gasteiger partial charge in [-0.1, -0.05) is 53.7 Å². The molecule has 0 aliphatic heterocycles. The monoisotopic (exact) mass is 434 g/mol. The quantitative estimate of drug-likeness (QED) is 0.396. The van der Waals surface area contributed by atoms with E-state index in [0.717, 1.165) is 33.5 Å². The molecule has 150 valence electrons. The topological polar surface area (TPSA) is 59.8 Å². The van der Waals surface area contributed by atoms with Gasteiger partial charge >= 0.3 is 0 Å². The number of thioether (sulfide) groups is 1. The Morgan fingerprint density at radius 2 is 1.67 bits per heavy atom. The summed E-state index contributed by atoms with van der Waals surface area (Å²) in [6.07, 6.45) is 0. The van der Waals surface area contributed by atoms with Crippen LogP contribution in [0.5, 0.6) is 0 Å². The van der Waals surface area contributed by atoms with Gasteiger partial charge in [-0.05, 0) is 54.1 Å². The van der Waals surface area contributed by atoms with E-state index in [2.05, 4.69) is 15.5 Å². The predicted octanol–water partition coefficient (Wildman–Crippen LogP) is 5.68. The molecule has 0 unspecified atom stereocenters. The van der Waals surface area contributed by atoms with Gasteiger partial charge in [-0.3, -0.25) is 4.79 Å². The first-order chi connectivity index (χ1) is 14.6. The van der Waals surface area contributed by atoms with Crippen molar-refractivity contribution in [3.8, 4) is 11.4 Å². The normalized spacial score (nSPS) is 10.7. The van der Waals surface area contributed by atoms with Crippen LogP contribution in [0.25, 0.3) is 11.4 Å². The van der Waals surface area contributed by atoms with E-state index in [-0.39, 0.29) is 5.91 Å². The van der Waals surface area contributed by atoms with Crippen LogP contribution in [0.15, 0.2) is 84.0 Å². The molecule has 0 radical (unpaired) electrons. The molecule has 0 atom stereocenters. The average Bonchev–Trinajstić information content (AvgIpc) is 3.14. The van der Waals surface area contributed by atoms with Crippen molar-refractivity contribution in [2.24, 2.45) is 7.05 Å². The third kappa shape index (κ3) is 4.72. The third-order valence-corrected chi connectivity index (χ3v) is 5.90. The van der Waals surface area contributed by atoms with Gasteiger partial charge in [0.1, 0.15) is 0 Å². The first-order valence-electron chi connectivity index (χ1n) is 9.33. The zero-order valence-electron chi connectivity index (χ0n) is 16.2. The molecule has 3 aromatic carbocycles. The second-order valence-corrected chi connectivity index (χ2v) is 8.06. The number of para-hydroxylation sites is 1. The molecule has 0 bridgehead atoms. The van der Waals surface area contributed by atoms with Crippen molar-refractivity contribution in [3.05, 3.63) is 95.0 Å². The van der Waals surface area contributed by atoms with E-state index in [9.17, 15) is 4.79 Å². The molecule has 0 saturated carbocycles. The van der Waals surface area contributed by atoms with Crippen molar-refractivity contribution in [1.82, 2.24) is 14.8 Å². The lowest BCUT2D eigenvalue weighted by Crippen LogP contribution is -2.11. The number of nitrogens with one attached hydrogen (secondary N) is 1. The summed E-state index contributed by atoms with van der Waals surface area (Å²) in [5.74, 6) is 1.40. The van der Waals surface area contributed by atoms with Gasteiger partial charge in [0.05, 0.1) is 0 Å². The van der Waals surface area contributed by atoms with Crippen molar-refractivity contribution in [3.63, 3.8) is 0 Å². The van der Waals surface area contributed by atoms with Gasteiger partial charge in [-0.2, -0.15) is 0 Å². The molecule has 0 aliphatic carbocycles. The van der Waals surface area contributed by atoms with E-state index >= 15 is 0 Å². The van der Waals surface area contributed by atoms with Crippen LogP contribution < -0.4 is 5.32 Å². The summed E-state index contributed by atoms with van der Waals surface area (Å²) in [6.45, 7) is 0. The Kier molecular flexibility index (Phi) is 6.16. The second-order valence-electron chi connectivity index (χ2n) is 6.68. The summed E-state index contributed by atoms with van der Waals surface area (Å²) in [4.78, 5) is 12.4. The highest BCUT2D eigenvalue weighted by Gasteiger charge is 2.12. The smallest absolute Gasteiger partial charge is 0.255 e. The summed E-state index contributed by atoms with van der Waals surface area (Å²) in [5, 5.41) is 13.0. The highest BCUT2D eigenvalue weighted by molar-refractivity contribution is 7.98. The largest absolute Gasteiger partial charge is 0.322 e. The number of halogens is 1. The second kappa shape index (κ2) is 9.15. The molecular formula is C23H19ClN4OS. The number of benzene rings is 3. The molecule has 4 rings (SSSR count). The van der Waals surface area contributed by atoms with Crippen LogP contribution in [-0.4, -0.2) is 20.7 Å². The fourth-order valence-corrected chi connectivity index (χ4v) is 3.91. The molecule has 1 heterocycles. The Balaban J connectivity index is 1.39. The Hall–Kier alpha value is -3.09. The number of rotatable bonds is 6. The average molecular weight is 435 g/mol. The molecule has 0 aliphatic rings. The number of nitrogens with zero attached hydrogens (tertiary/aromatic N) is 3. The van der Waals surface area contributed by atoms with Crippen molar-refractivity contribution >= 4 is 35.0 Å². The van der Waals surface area contributed by atoms with Crippen LogP contribution in [-0.2, 0) is 12.8 Å². The van der Waals surface area contributed by atoms with Crippen molar-refractivity contribution in [1.29, 1.82) is 0 Å². The van der Waals surface area contributed by atoms with Crippen LogP contribution in [0.4, 0.5) is 5.69 Å². The maximum absolute atomic E-state index is 12.4. The Bertz CT molecular complexity index is 1140. The molecule has 7 heteroatoms. The third-order valence-electron chi connectivity index (χ3n) is 4.55. The van der Waals surface area contributed by atoms with E-state index in [1.807, 2.05) is 90.5 Å². The first-order valence-corrected chi connectivity index (χ1v) is 10.7. The van der Waals surface area contributed by atoms with Gasteiger partial charge in [-0.25, -0.2) is 0 Å². The van der Waals surface area contributed by atoms with E-state index in [0.29, 0.717) is 10.6 Å². The summed E-state index contributed by atoms with van der Waals surface area (Å²) >= 11 is 7.56. The van der Waals surface area contributed by atoms with Crippen molar-refractivity contribution < 1.29 is 4.79 Å². The van der Waals surface area contributed by atoms with Gasteiger partial charge in [0, 0.05) is 34.6 Å². The predicted molar refractivity (Wildman–Crippen MR) is 122 cm³/mol. The number of carbonyl (C=O) groups excluding carboxylic acids is 1. The Morgan fingerprint density at radius 1 is 0.967 bits per heavy atom. The van der Waals surface area contributed by atoms with Gasteiger partial charge in [0.15, 0.2) is 11.0 Å². The molecule has 0 fully saturated rings. The maximum Gasteiger partial charge on any atom is 0.255 e. The summed E-state index contributed by atoms with van der Waals surface area (Å²) in [6, 6.07) is 24.6. The standard InChI is InChI=1S/C23H19ClN4OS/c1-28-21(17-11-13-19(24)14-12-17)26-27-23(28)30-15-16-7-9-18(10-8-16)22(29)25-20-5-3-2-4-6-20/h2-14H,15H2,1H3,(H,25,29). The number of hydrogen-bond acceptors (Lipinski definition) is 4. The lowest BCUT2D eigenvalue weighted by atomic mass is 10.1. The highest BCUT2D eigenvalue weighted by Crippen LogP contribution is 2.26. The number of aromatic nitrogens is 3. The summed E-state index contributed by atoms with van der Waals surface area (Å²) < 4.78 is 1.97. The van der Waals surface area contributed by atoms with Gasteiger partial charge in [-0.15, -0.1) is 10.2 Å². The fraction of sp³-hybridized carbons (Fsp3) is 0.0870. The van der Waals surface area contributed by atoms with Crippen LogP contribution in [0.3, 0.4) is 0 Å². The molecule has 1 N–H and O–H groups in total. The van der Waals surface area contributed by atoms with Crippen LogP contribution in [0, 0.1) is 0 Å². The minimum atomic E-state index is -0.124. The molecule has 30 heavy (non-hydrogen) atoms. The maximum atomic E-state index is 12.4. The fourth-order valence-electron chi connectivity index (χ4n) is 2.92. The minimum Gasteiger partial charge on any atom is -0.322 e. The van der Waals surface area contributed by atoms with E-state index in [1.54, 1.807) is 11.8 Å². The summed E-state index contributed by atoms with van der Waals surface area (Å²) in [7, 11) is 1.95. The van der Waals surface area contributed by atoms with Crippen molar-refractivity contribution in [2.75, 3.05) is 5.32 Å². The Labute approximate surface area is 184 Å². The molecule has 0 saturated heterocycles. The van der Waals surface area contributed by atoms with E-state index in [4.69, 9.17) is 11.6 Å². The number of amides is 1. The van der Waals surface area contributed by atoms with Gasteiger partial charge in [0.2, 0.25) is 0 Å². The van der Waals surface area contributed by atoms with Crippen molar-refractivity contribution in [2.45, 2.75) is 10.9 Å².